The summed E-state index contributed by atoms with van der Waals surface area (Å²) in [6.45, 7) is 0. The molecule has 34 heavy (non-hydrogen) atoms. The normalized spacial score (nSPS) is 11.3. The lowest BCUT2D eigenvalue weighted by Gasteiger charge is -2.13. The number of carbonyl (C=O) groups is 1. The summed E-state index contributed by atoms with van der Waals surface area (Å²) < 4.78 is 79.7. The molecular formula is C20H14F3N5O5S. The number of ether oxygens (including phenoxy) is 2. The second kappa shape index (κ2) is 8.90. The van der Waals surface area contributed by atoms with Gasteiger partial charge in [0.05, 0.1) is 35.7 Å². The summed E-state index contributed by atoms with van der Waals surface area (Å²) in [7, 11) is -3.28. The van der Waals surface area contributed by atoms with Gasteiger partial charge in [0.25, 0.3) is 10.0 Å². The summed E-state index contributed by atoms with van der Waals surface area (Å²) >= 11 is 0. The number of amides is 1. The highest BCUT2D eigenvalue weighted by Gasteiger charge is 2.23. The molecule has 0 radical (unpaired) electrons. The number of nitrogens with zero attached hydrogens (tertiary/aromatic N) is 2. The molecular weight excluding hydrogens is 479 g/mol. The topological polar surface area (TPSA) is 135 Å². The van der Waals surface area contributed by atoms with Crippen LogP contribution in [0.15, 0.2) is 53.8 Å². The first-order chi connectivity index (χ1) is 16.2. The minimum atomic E-state index is -4.47. The number of halogens is 3. The Bertz CT molecular complexity index is 1510. The van der Waals surface area contributed by atoms with Gasteiger partial charge < -0.3 is 14.5 Å². The van der Waals surface area contributed by atoms with Crippen molar-refractivity contribution in [2.24, 2.45) is 0 Å². The SMILES string of the molecule is COc1ccc(S(=O)(=O)Nc2ccc(F)c(NC(=O)Oc3cnc4nc[nH]c4c3)c2F)cc1F. The quantitative estimate of drug-likeness (QED) is 0.372. The summed E-state index contributed by atoms with van der Waals surface area (Å²) in [6.07, 6.45) is 1.28. The predicted octanol–water partition coefficient (Wildman–Crippen LogP) is 3.80. The van der Waals surface area contributed by atoms with Gasteiger partial charge in [-0.25, -0.2) is 36.4 Å². The number of methoxy groups -OCH3 is 1. The van der Waals surface area contributed by atoms with E-state index in [0.717, 1.165) is 24.3 Å². The molecule has 2 heterocycles. The number of anilines is 2. The molecule has 0 unspecified atom stereocenters. The molecule has 1 amide bonds. The van der Waals surface area contributed by atoms with Crippen LogP contribution >= 0.6 is 0 Å². The van der Waals surface area contributed by atoms with E-state index in [-0.39, 0.29) is 11.5 Å². The molecule has 3 N–H and O–H groups in total. The van der Waals surface area contributed by atoms with Gasteiger partial charge in [0, 0.05) is 6.07 Å². The van der Waals surface area contributed by atoms with Gasteiger partial charge >= 0.3 is 6.09 Å². The Labute approximate surface area is 189 Å². The van der Waals surface area contributed by atoms with Crippen molar-refractivity contribution in [2.75, 3.05) is 17.1 Å². The fraction of sp³-hybridized carbons (Fsp3) is 0.0500. The zero-order valence-corrected chi connectivity index (χ0v) is 17.9. The van der Waals surface area contributed by atoms with E-state index in [4.69, 9.17) is 9.47 Å². The minimum Gasteiger partial charge on any atom is -0.494 e. The third kappa shape index (κ3) is 4.56. The van der Waals surface area contributed by atoms with E-state index in [2.05, 4.69) is 15.0 Å². The Morgan fingerprint density at radius 3 is 2.59 bits per heavy atom. The summed E-state index contributed by atoms with van der Waals surface area (Å²) in [6, 6.07) is 5.69. The van der Waals surface area contributed by atoms with Crippen molar-refractivity contribution < 1.29 is 35.9 Å². The number of aromatic nitrogens is 3. The van der Waals surface area contributed by atoms with Crippen LogP contribution in [0.2, 0.25) is 0 Å². The molecule has 2 aromatic carbocycles. The first kappa shape index (κ1) is 22.8. The predicted molar refractivity (Wildman–Crippen MR) is 114 cm³/mol. The number of aromatic amines is 1. The van der Waals surface area contributed by atoms with Gasteiger partial charge in [0.15, 0.2) is 28.8 Å². The highest BCUT2D eigenvalue weighted by Crippen LogP contribution is 2.29. The molecule has 0 spiro atoms. The number of sulfonamides is 1. The molecule has 10 nitrogen and oxygen atoms in total. The average Bonchev–Trinajstić information content (AvgIpc) is 3.26. The lowest BCUT2D eigenvalue weighted by molar-refractivity contribution is 0.215. The molecule has 0 saturated carbocycles. The van der Waals surface area contributed by atoms with E-state index in [1.165, 1.54) is 25.7 Å². The van der Waals surface area contributed by atoms with Gasteiger partial charge in [-0.15, -0.1) is 0 Å². The maximum absolute atomic E-state index is 14.9. The molecule has 0 aliphatic carbocycles. The van der Waals surface area contributed by atoms with Crippen molar-refractivity contribution in [3.05, 3.63) is 66.4 Å². The molecule has 0 bridgehead atoms. The van der Waals surface area contributed by atoms with Gasteiger partial charge in [-0.2, -0.15) is 0 Å². The van der Waals surface area contributed by atoms with Crippen LogP contribution in [0.4, 0.5) is 29.3 Å². The number of fused-ring (bicyclic) bond motifs is 1. The van der Waals surface area contributed by atoms with E-state index >= 15 is 0 Å². The van der Waals surface area contributed by atoms with E-state index in [9.17, 15) is 26.4 Å². The van der Waals surface area contributed by atoms with Crippen LogP contribution < -0.4 is 19.5 Å². The lowest BCUT2D eigenvalue weighted by Crippen LogP contribution is -2.20. The van der Waals surface area contributed by atoms with Crippen molar-refractivity contribution in [2.45, 2.75) is 4.90 Å². The second-order valence-electron chi connectivity index (χ2n) is 6.65. The Morgan fingerprint density at radius 1 is 1.06 bits per heavy atom. The Balaban J connectivity index is 1.55. The maximum atomic E-state index is 14.9. The Kier molecular flexibility index (Phi) is 5.98. The molecule has 14 heteroatoms. The third-order valence-corrected chi connectivity index (χ3v) is 5.82. The highest BCUT2D eigenvalue weighted by atomic mass is 32.2. The third-order valence-electron chi connectivity index (χ3n) is 4.46. The smallest absolute Gasteiger partial charge is 0.417 e. The number of hydrogen-bond acceptors (Lipinski definition) is 7. The largest absolute Gasteiger partial charge is 0.494 e. The molecule has 0 atom stereocenters. The number of carbonyl (C=O) groups excluding carboxylic acids is 1. The van der Waals surface area contributed by atoms with Crippen LogP contribution in [0, 0.1) is 17.5 Å². The Morgan fingerprint density at radius 2 is 1.85 bits per heavy atom. The van der Waals surface area contributed by atoms with Gasteiger partial charge in [-0.05, 0) is 30.3 Å². The van der Waals surface area contributed by atoms with Gasteiger partial charge in [0.1, 0.15) is 11.5 Å². The monoisotopic (exact) mass is 493 g/mol. The molecule has 4 aromatic rings. The zero-order chi connectivity index (χ0) is 24.5. The summed E-state index contributed by atoms with van der Waals surface area (Å²) in [5.41, 5.74) is -0.856. The van der Waals surface area contributed by atoms with Crippen LogP contribution in [0.3, 0.4) is 0 Å². The molecule has 0 saturated heterocycles. The molecule has 0 aliphatic heterocycles. The summed E-state index contributed by atoms with van der Waals surface area (Å²) in [5.74, 6) is -3.84. The van der Waals surface area contributed by atoms with Crippen LogP contribution in [-0.4, -0.2) is 36.6 Å². The van der Waals surface area contributed by atoms with Gasteiger partial charge in [-0.3, -0.25) is 10.0 Å². The fourth-order valence-electron chi connectivity index (χ4n) is 2.86. The number of rotatable bonds is 6. The van der Waals surface area contributed by atoms with E-state index in [0.29, 0.717) is 17.2 Å². The molecule has 0 aliphatic rings. The van der Waals surface area contributed by atoms with Crippen molar-refractivity contribution >= 4 is 38.7 Å². The summed E-state index contributed by atoms with van der Waals surface area (Å²) in [4.78, 5) is 22.2. The van der Waals surface area contributed by atoms with Crippen molar-refractivity contribution in [1.29, 1.82) is 0 Å². The fourth-order valence-corrected chi connectivity index (χ4v) is 3.94. The molecule has 4 rings (SSSR count). The average molecular weight is 493 g/mol. The number of benzene rings is 2. The van der Waals surface area contributed by atoms with E-state index in [1.807, 2.05) is 10.0 Å². The molecule has 2 aromatic heterocycles. The number of pyridine rings is 1. The molecule has 176 valence electrons. The number of nitrogens with one attached hydrogen (secondary N) is 3. The van der Waals surface area contributed by atoms with Crippen molar-refractivity contribution in [1.82, 2.24) is 15.0 Å². The zero-order valence-electron chi connectivity index (χ0n) is 17.1. The first-order valence-electron chi connectivity index (χ1n) is 9.30. The van der Waals surface area contributed by atoms with Gasteiger partial charge in [0.2, 0.25) is 0 Å². The standard InChI is InChI=1S/C20H14F3N5O5S/c1-32-16-5-2-11(7-13(16)22)34(30,31)28-14-4-3-12(21)18(17(14)23)27-20(29)33-10-6-15-19(24-8-10)26-9-25-15/h2-9,28H,1H3,(H,27,29)(H,24,25,26). The number of H-pyrrole nitrogens is 1. The molecule has 0 fully saturated rings. The maximum Gasteiger partial charge on any atom is 0.417 e. The summed E-state index contributed by atoms with van der Waals surface area (Å²) in [5, 5.41) is 1.88. The van der Waals surface area contributed by atoms with Crippen molar-refractivity contribution in [3.8, 4) is 11.5 Å². The van der Waals surface area contributed by atoms with Crippen molar-refractivity contribution in [3.63, 3.8) is 0 Å². The van der Waals surface area contributed by atoms with Crippen LogP contribution in [0.1, 0.15) is 0 Å². The van der Waals surface area contributed by atoms with Gasteiger partial charge in [-0.1, -0.05) is 0 Å². The van der Waals surface area contributed by atoms with E-state index < -0.39 is 49.8 Å². The van der Waals surface area contributed by atoms with E-state index in [1.54, 1.807) is 0 Å². The van der Waals surface area contributed by atoms with Crippen LogP contribution in [0.25, 0.3) is 11.2 Å². The number of imidazole rings is 1. The minimum absolute atomic E-state index is 0.0477. The highest BCUT2D eigenvalue weighted by molar-refractivity contribution is 7.92. The number of hydrogen-bond donors (Lipinski definition) is 3. The Hall–Kier alpha value is -4.33. The lowest BCUT2D eigenvalue weighted by atomic mass is 10.2. The van der Waals surface area contributed by atoms with Crippen LogP contribution in [-0.2, 0) is 10.0 Å². The van der Waals surface area contributed by atoms with Crippen LogP contribution in [0.5, 0.6) is 11.5 Å². The first-order valence-corrected chi connectivity index (χ1v) is 10.8. The second-order valence-corrected chi connectivity index (χ2v) is 8.33.